The summed E-state index contributed by atoms with van der Waals surface area (Å²) in [5.74, 6) is 0.264. The first-order valence-corrected chi connectivity index (χ1v) is 12.9. The first kappa shape index (κ1) is 27.3. The van der Waals surface area contributed by atoms with Gasteiger partial charge in [-0.3, -0.25) is 4.79 Å². The SMILES string of the molecule is COc1cc(Cl)ccc1N(C)C(=O)C1=C(c2cccc(-c3ccccc3)c2)CCN(C(=O)OC(C)(C)C)C1. The molecule has 0 aromatic heterocycles. The van der Waals surface area contributed by atoms with Crippen molar-refractivity contribution in [2.45, 2.75) is 32.8 Å². The summed E-state index contributed by atoms with van der Waals surface area (Å²) in [4.78, 5) is 30.1. The van der Waals surface area contributed by atoms with Crippen LogP contribution in [0.2, 0.25) is 5.02 Å². The largest absolute Gasteiger partial charge is 0.495 e. The van der Waals surface area contributed by atoms with Crippen molar-refractivity contribution in [3.05, 3.63) is 89.0 Å². The Labute approximate surface area is 229 Å². The van der Waals surface area contributed by atoms with Crippen LogP contribution in [-0.2, 0) is 9.53 Å². The lowest BCUT2D eigenvalue weighted by Gasteiger charge is -2.34. The molecule has 0 bridgehead atoms. The molecule has 38 heavy (non-hydrogen) atoms. The van der Waals surface area contributed by atoms with Crippen LogP contribution in [0.15, 0.2) is 78.4 Å². The maximum atomic E-state index is 14.0. The van der Waals surface area contributed by atoms with E-state index in [1.165, 1.54) is 7.11 Å². The van der Waals surface area contributed by atoms with Gasteiger partial charge in [0.15, 0.2) is 0 Å². The monoisotopic (exact) mass is 532 g/mol. The lowest BCUT2D eigenvalue weighted by Crippen LogP contribution is -2.43. The summed E-state index contributed by atoms with van der Waals surface area (Å²) in [5, 5.41) is 0.512. The molecule has 0 aliphatic carbocycles. The number of hydrogen-bond acceptors (Lipinski definition) is 4. The Kier molecular flexibility index (Phi) is 8.12. The molecule has 1 aliphatic rings. The highest BCUT2D eigenvalue weighted by Crippen LogP contribution is 2.35. The molecule has 0 unspecified atom stereocenters. The highest BCUT2D eigenvalue weighted by atomic mass is 35.5. The van der Waals surface area contributed by atoms with Gasteiger partial charge >= 0.3 is 6.09 Å². The minimum absolute atomic E-state index is 0.138. The fourth-order valence-electron chi connectivity index (χ4n) is 4.52. The fourth-order valence-corrected chi connectivity index (χ4v) is 4.68. The molecule has 3 aromatic rings. The van der Waals surface area contributed by atoms with Gasteiger partial charge in [0.25, 0.3) is 5.91 Å². The molecule has 1 heterocycles. The smallest absolute Gasteiger partial charge is 0.410 e. The zero-order valence-corrected chi connectivity index (χ0v) is 23.2. The molecular formula is C31H33ClN2O4. The van der Waals surface area contributed by atoms with Crippen LogP contribution in [0.25, 0.3) is 16.7 Å². The third-order valence-electron chi connectivity index (χ3n) is 6.38. The molecule has 3 aromatic carbocycles. The molecule has 2 amide bonds. The predicted octanol–water partition coefficient (Wildman–Crippen LogP) is 7.07. The van der Waals surface area contributed by atoms with E-state index in [4.69, 9.17) is 21.1 Å². The van der Waals surface area contributed by atoms with E-state index < -0.39 is 11.7 Å². The number of amides is 2. The topological polar surface area (TPSA) is 59.1 Å². The number of nitrogens with zero attached hydrogens (tertiary/aromatic N) is 2. The van der Waals surface area contributed by atoms with Crippen molar-refractivity contribution in [3.63, 3.8) is 0 Å². The zero-order valence-electron chi connectivity index (χ0n) is 22.5. The third-order valence-corrected chi connectivity index (χ3v) is 6.62. The van der Waals surface area contributed by atoms with E-state index in [0.717, 1.165) is 22.3 Å². The summed E-state index contributed by atoms with van der Waals surface area (Å²) in [6.45, 7) is 6.08. The second-order valence-electron chi connectivity index (χ2n) is 10.2. The molecule has 198 valence electrons. The second kappa shape index (κ2) is 11.3. The number of ether oxygens (including phenoxy) is 2. The summed E-state index contributed by atoms with van der Waals surface area (Å²) in [7, 11) is 3.24. The number of carbonyl (C=O) groups excluding carboxylic acids is 2. The van der Waals surface area contributed by atoms with E-state index >= 15 is 0 Å². The van der Waals surface area contributed by atoms with E-state index in [2.05, 4.69) is 24.3 Å². The number of hydrogen-bond donors (Lipinski definition) is 0. The van der Waals surface area contributed by atoms with Crippen LogP contribution in [-0.4, -0.2) is 49.7 Å². The lowest BCUT2D eigenvalue weighted by atomic mass is 9.90. The van der Waals surface area contributed by atoms with E-state index in [0.29, 0.717) is 35.0 Å². The van der Waals surface area contributed by atoms with Crippen molar-refractivity contribution in [2.24, 2.45) is 0 Å². The van der Waals surface area contributed by atoms with Gasteiger partial charge < -0.3 is 19.3 Å². The maximum absolute atomic E-state index is 14.0. The lowest BCUT2D eigenvalue weighted by molar-refractivity contribution is -0.115. The Bertz CT molecular complexity index is 1360. The highest BCUT2D eigenvalue weighted by Gasteiger charge is 2.32. The molecule has 0 spiro atoms. The molecule has 0 atom stereocenters. The Morgan fingerprint density at radius 2 is 1.61 bits per heavy atom. The summed E-state index contributed by atoms with van der Waals surface area (Å²) in [6, 6.07) is 23.4. The van der Waals surface area contributed by atoms with Gasteiger partial charge in [-0.25, -0.2) is 4.79 Å². The average Bonchev–Trinajstić information content (AvgIpc) is 2.91. The van der Waals surface area contributed by atoms with Crippen LogP contribution < -0.4 is 9.64 Å². The number of carbonyl (C=O) groups is 2. The Balaban J connectivity index is 1.77. The number of likely N-dealkylation sites (N-methyl/N-ethyl adjacent to an activating group) is 1. The molecule has 0 fully saturated rings. The van der Waals surface area contributed by atoms with Gasteiger partial charge in [-0.15, -0.1) is 0 Å². The first-order valence-electron chi connectivity index (χ1n) is 12.5. The number of methoxy groups -OCH3 is 1. The van der Waals surface area contributed by atoms with Crippen LogP contribution in [0.3, 0.4) is 0 Å². The molecular weight excluding hydrogens is 500 g/mol. The van der Waals surface area contributed by atoms with E-state index in [-0.39, 0.29) is 12.5 Å². The van der Waals surface area contributed by atoms with Gasteiger partial charge in [-0.05, 0) is 67.7 Å². The van der Waals surface area contributed by atoms with Crippen molar-refractivity contribution in [3.8, 4) is 16.9 Å². The first-order chi connectivity index (χ1) is 18.1. The average molecular weight is 533 g/mol. The number of rotatable bonds is 5. The molecule has 0 N–H and O–H groups in total. The summed E-state index contributed by atoms with van der Waals surface area (Å²) < 4.78 is 11.1. The maximum Gasteiger partial charge on any atom is 0.410 e. The van der Waals surface area contributed by atoms with Gasteiger partial charge in [0.1, 0.15) is 11.4 Å². The van der Waals surface area contributed by atoms with E-state index in [1.807, 2.05) is 51.1 Å². The van der Waals surface area contributed by atoms with Crippen molar-refractivity contribution >= 4 is 34.9 Å². The van der Waals surface area contributed by atoms with Crippen LogP contribution in [0.1, 0.15) is 32.8 Å². The number of benzene rings is 3. The quantitative estimate of drug-likeness (QED) is 0.352. The second-order valence-corrected chi connectivity index (χ2v) is 10.7. The Morgan fingerprint density at radius 3 is 2.29 bits per heavy atom. The van der Waals surface area contributed by atoms with Crippen LogP contribution in [0.4, 0.5) is 10.5 Å². The van der Waals surface area contributed by atoms with Gasteiger partial charge in [-0.2, -0.15) is 0 Å². The molecule has 0 radical (unpaired) electrons. The molecule has 1 aliphatic heterocycles. The standard InChI is InChI=1S/C31H33ClN2O4/c1-31(2,3)38-30(36)34-17-16-25(23-13-9-12-22(18-23)21-10-7-6-8-11-21)26(20-34)29(35)33(4)27-15-14-24(32)19-28(27)37-5/h6-15,18-19H,16-17,20H2,1-5H3. The molecule has 7 heteroatoms. The van der Waals surface area contributed by atoms with Crippen molar-refractivity contribution < 1.29 is 19.1 Å². The highest BCUT2D eigenvalue weighted by molar-refractivity contribution is 6.31. The molecule has 0 saturated carbocycles. The van der Waals surface area contributed by atoms with Crippen LogP contribution in [0, 0.1) is 0 Å². The summed E-state index contributed by atoms with van der Waals surface area (Å²) >= 11 is 6.15. The summed E-state index contributed by atoms with van der Waals surface area (Å²) in [6.07, 6.45) is 0.0797. The minimum Gasteiger partial charge on any atom is -0.495 e. The Morgan fingerprint density at radius 1 is 0.921 bits per heavy atom. The predicted molar refractivity (Wildman–Crippen MR) is 153 cm³/mol. The van der Waals surface area contributed by atoms with E-state index in [9.17, 15) is 9.59 Å². The zero-order chi connectivity index (χ0) is 27.4. The molecule has 6 nitrogen and oxygen atoms in total. The van der Waals surface area contributed by atoms with Crippen molar-refractivity contribution in [2.75, 3.05) is 32.1 Å². The van der Waals surface area contributed by atoms with E-state index in [1.54, 1.807) is 35.0 Å². The van der Waals surface area contributed by atoms with Crippen LogP contribution >= 0.6 is 11.6 Å². The minimum atomic E-state index is -0.636. The fraction of sp³-hybridized carbons (Fsp3) is 0.290. The van der Waals surface area contributed by atoms with Gasteiger partial charge in [0.2, 0.25) is 0 Å². The third kappa shape index (κ3) is 6.20. The summed E-state index contributed by atoms with van der Waals surface area (Å²) in [5.41, 5.74) is 4.50. The van der Waals surface area contributed by atoms with Gasteiger partial charge in [0.05, 0.1) is 19.3 Å². The van der Waals surface area contributed by atoms with Gasteiger partial charge in [0, 0.05) is 30.3 Å². The normalized spacial score (nSPS) is 13.8. The Hall–Kier alpha value is -3.77. The van der Waals surface area contributed by atoms with Gasteiger partial charge in [-0.1, -0.05) is 60.1 Å². The van der Waals surface area contributed by atoms with Crippen molar-refractivity contribution in [1.82, 2.24) is 4.90 Å². The number of halogens is 1. The number of anilines is 1. The van der Waals surface area contributed by atoms with Crippen LogP contribution in [0.5, 0.6) is 5.75 Å². The molecule has 4 rings (SSSR count). The molecule has 0 saturated heterocycles. The van der Waals surface area contributed by atoms with Crippen molar-refractivity contribution in [1.29, 1.82) is 0 Å².